The predicted octanol–water partition coefficient (Wildman–Crippen LogP) is 9.11. The van der Waals surface area contributed by atoms with E-state index >= 15 is 0 Å². The molecule has 1 heteroatoms. The van der Waals surface area contributed by atoms with Crippen molar-refractivity contribution in [2.24, 2.45) is 0 Å². The lowest BCUT2D eigenvalue weighted by atomic mass is 10.1. The third-order valence-electron chi connectivity index (χ3n) is 3.79. The molecule has 0 spiro atoms. The van der Waals surface area contributed by atoms with Gasteiger partial charge in [-0.05, 0) is 33.0 Å². The lowest BCUT2D eigenvalue weighted by Gasteiger charge is -2.16. The molecule has 0 aromatic heterocycles. The van der Waals surface area contributed by atoms with E-state index < -0.39 is 0 Å². The van der Waals surface area contributed by atoms with E-state index in [4.69, 9.17) is 0 Å². The molecule has 0 saturated carbocycles. The summed E-state index contributed by atoms with van der Waals surface area (Å²) in [5.41, 5.74) is 0. The van der Waals surface area contributed by atoms with Crippen molar-refractivity contribution in [2.45, 2.75) is 139 Å². The fourth-order valence-electron chi connectivity index (χ4n) is 2.44. The van der Waals surface area contributed by atoms with E-state index in [9.17, 15) is 0 Å². The summed E-state index contributed by atoms with van der Waals surface area (Å²) in [6.45, 7) is 19.4. The van der Waals surface area contributed by atoms with Gasteiger partial charge in [-0.2, -0.15) is 0 Å². The van der Waals surface area contributed by atoms with Crippen LogP contribution < -0.4 is 0 Å². The number of nitrogens with zero attached hydrogens (tertiary/aromatic N) is 1. The van der Waals surface area contributed by atoms with Crippen LogP contribution in [0.1, 0.15) is 139 Å². The van der Waals surface area contributed by atoms with Crippen molar-refractivity contribution >= 4 is 0 Å². The van der Waals surface area contributed by atoms with Gasteiger partial charge in [-0.3, -0.25) is 0 Å². The van der Waals surface area contributed by atoms with E-state index in [0.717, 1.165) is 0 Å². The summed E-state index contributed by atoms with van der Waals surface area (Å²) in [5.74, 6) is 0. The Hall–Kier alpha value is -0.0400. The van der Waals surface area contributed by atoms with Crippen molar-refractivity contribution < 1.29 is 0 Å². The monoisotopic (exact) mass is 359 g/mol. The van der Waals surface area contributed by atoms with E-state index in [1.807, 2.05) is 27.7 Å². The molecule has 0 bridgehead atoms. The molecule has 0 unspecified atom stereocenters. The molecular weight excluding hydrogens is 302 g/mol. The molecule has 0 rings (SSSR count). The van der Waals surface area contributed by atoms with E-state index in [-0.39, 0.29) is 0 Å². The van der Waals surface area contributed by atoms with Crippen LogP contribution in [0, 0.1) is 0 Å². The molecule has 0 heterocycles. The molecule has 158 valence electrons. The molecule has 0 saturated heterocycles. The molecule has 0 aromatic rings. The van der Waals surface area contributed by atoms with Gasteiger partial charge in [-0.15, -0.1) is 0 Å². The van der Waals surface area contributed by atoms with Crippen molar-refractivity contribution in [1.29, 1.82) is 0 Å². The molecule has 0 aliphatic carbocycles. The Morgan fingerprint density at radius 3 is 0.960 bits per heavy atom. The molecular formula is C24H57N. The first kappa shape index (κ1) is 32.6. The first-order chi connectivity index (χ1) is 12.2. The summed E-state index contributed by atoms with van der Waals surface area (Å²) in [6, 6.07) is 0. The van der Waals surface area contributed by atoms with Crippen LogP contribution in [0.25, 0.3) is 0 Å². The van der Waals surface area contributed by atoms with Gasteiger partial charge in [0, 0.05) is 0 Å². The average molecular weight is 360 g/mol. The highest BCUT2D eigenvalue weighted by molar-refractivity contribution is 4.54. The minimum absolute atomic E-state index is 1.25. The third kappa shape index (κ3) is 45.4. The second-order valence-electron chi connectivity index (χ2n) is 6.55. The zero-order chi connectivity index (χ0) is 20.2. The molecule has 1 nitrogen and oxygen atoms in total. The number of unbranched alkanes of at least 4 members (excludes halogenated alkanes) is 10. The molecule has 25 heavy (non-hydrogen) atoms. The zero-order valence-corrected chi connectivity index (χ0v) is 20.1. The van der Waals surface area contributed by atoms with Gasteiger partial charge in [-0.1, -0.05) is 126 Å². The van der Waals surface area contributed by atoms with Gasteiger partial charge in [0.2, 0.25) is 0 Å². The topological polar surface area (TPSA) is 3.24 Å². The van der Waals surface area contributed by atoms with Crippen LogP contribution in [0.5, 0.6) is 0 Å². The first-order valence-electron chi connectivity index (χ1n) is 11.9. The Morgan fingerprint density at radius 2 is 0.680 bits per heavy atom. The summed E-state index contributed by atoms with van der Waals surface area (Å²) >= 11 is 0. The van der Waals surface area contributed by atoms with Crippen molar-refractivity contribution in [2.75, 3.05) is 20.1 Å². The zero-order valence-electron chi connectivity index (χ0n) is 20.1. The highest BCUT2D eigenvalue weighted by atomic mass is 15.1. The van der Waals surface area contributed by atoms with E-state index in [1.54, 1.807) is 0 Å². The maximum Gasteiger partial charge on any atom is -0.00218 e. The van der Waals surface area contributed by atoms with E-state index in [1.165, 1.54) is 96.6 Å². The molecule has 0 aliphatic rings. The Labute approximate surface area is 164 Å². The van der Waals surface area contributed by atoms with Crippen molar-refractivity contribution in [3.05, 3.63) is 0 Å². The second-order valence-corrected chi connectivity index (χ2v) is 6.55. The van der Waals surface area contributed by atoms with Crippen LogP contribution in [-0.4, -0.2) is 25.0 Å². The second kappa shape index (κ2) is 39.2. The van der Waals surface area contributed by atoms with E-state index in [0.29, 0.717) is 0 Å². The van der Waals surface area contributed by atoms with Crippen LogP contribution in [0.4, 0.5) is 0 Å². The predicted molar refractivity (Wildman–Crippen MR) is 123 cm³/mol. The average Bonchev–Trinajstić information content (AvgIpc) is 2.65. The van der Waals surface area contributed by atoms with E-state index in [2.05, 4.69) is 39.6 Å². The minimum atomic E-state index is 1.25. The van der Waals surface area contributed by atoms with Gasteiger partial charge < -0.3 is 4.90 Å². The molecule has 0 fully saturated rings. The third-order valence-corrected chi connectivity index (χ3v) is 3.79. The van der Waals surface area contributed by atoms with Gasteiger partial charge in [0.1, 0.15) is 0 Å². The first-order valence-corrected chi connectivity index (χ1v) is 11.9. The fourth-order valence-corrected chi connectivity index (χ4v) is 2.44. The van der Waals surface area contributed by atoms with Gasteiger partial charge in [0.05, 0.1) is 0 Å². The lowest BCUT2D eigenvalue weighted by Crippen LogP contribution is -2.20. The Morgan fingerprint density at radius 1 is 0.440 bits per heavy atom. The Balaban J connectivity index is -0.000000274. The fraction of sp³-hybridized carbons (Fsp3) is 1.00. The van der Waals surface area contributed by atoms with Crippen LogP contribution in [0.3, 0.4) is 0 Å². The lowest BCUT2D eigenvalue weighted by molar-refractivity contribution is 0.314. The Kier molecular flexibility index (Phi) is 51.1. The van der Waals surface area contributed by atoms with Crippen molar-refractivity contribution in [3.63, 3.8) is 0 Å². The minimum Gasteiger partial charge on any atom is -0.306 e. The van der Waals surface area contributed by atoms with Crippen LogP contribution >= 0.6 is 0 Å². The summed E-state index contributed by atoms with van der Waals surface area (Å²) in [7, 11) is 2.29. The maximum absolute atomic E-state index is 2.53. The van der Waals surface area contributed by atoms with Crippen LogP contribution in [0.2, 0.25) is 0 Å². The quantitative estimate of drug-likeness (QED) is 0.279. The number of rotatable bonds is 14. The van der Waals surface area contributed by atoms with Crippen molar-refractivity contribution in [1.82, 2.24) is 4.90 Å². The van der Waals surface area contributed by atoms with Gasteiger partial charge in [0.15, 0.2) is 0 Å². The maximum atomic E-state index is 2.53. The number of hydrogen-bond acceptors (Lipinski definition) is 1. The smallest absolute Gasteiger partial charge is 0.00218 e. The number of hydrogen-bond donors (Lipinski definition) is 0. The van der Waals surface area contributed by atoms with Gasteiger partial charge in [-0.25, -0.2) is 0 Å². The largest absolute Gasteiger partial charge is 0.306 e. The molecule has 0 aromatic carbocycles. The SMILES string of the molecule is CC.CC.CCC.CCCCCCCCN(C)CCCCCCCC. The molecule has 0 atom stereocenters. The van der Waals surface area contributed by atoms with Crippen LogP contribution in [0.15, 0.2) is 0 Å². The summed E-state index contributed by atoms with van der Waals surface area (Å²) in [5, 5.41) is 0. The Bertz CT molecular complexity index is 140. The molecule has 0 aliphatic heterocycles. The molecule has 0 amide bonds. The van der Waals surface area contributed by atoms with Gasteiger partial charge in [0.25, 0.3) is 0 Å². The summed E-state index contributed by atoms with van der Waals surface area (Å²) in [4.78, 5) is 2.53. The van der Waals surface area contributed by atoms with Crippen molar-refractivity contribution in [3.8, 4) is 0 Å². The highest BCUT2D eigenvalue weighted by Gasteiger charge is 1.98. The molecule has 0 N–H and O–H groups in total. The van der Waals surface area contributed by atoms with Crippen LogP contribution in [-0.2, 0) is 0 Å². The molecule has 0 radical (unpaired) electrons. The summed E-state index contributed by atoms with van der Waals surface area (Å²) < 4.78 is 0. The normalized spacial score (nSPS) is 9.36. The van der Waals surface area contributed by atoms with Gasteiger partial charge >= 0.3 is 0 Å². The summed E-state index contributed by atoms with van der Waals surface area (Å²) in [6.07, 6.45) is 18.2. The standard InChI is InChI=1S/C17H37N.C3H8.2C2H6/c1-4-6-8-10-12-14-16-18(3)17-15-13-11-9-7-5-2;1-3-2;2*1-2/h4-17H2,1-3H3;3H2,1-2H3;2*1-2H3. The highest BCUT2D eigenvalue weighted by Crippen LogP contribution is 2.07.